The van der Waals surface area contributed by atoms with Crippen LogP contribution in [0, 0.1) is 6.92 Å². The summed E-state index contributed by atoms with van der Waals surface area (Å²) in [6, 6.07) is 3.86. The molecular weight excluding hydrogens is 316 g/mol. The zero-order chi connectivity index (χ0) is 17.4. The molecule has 7 nitrogen and oxygen atoms in total. The number of hydrogen-bond acceptors (Lipinski definition) is 5. The zero-order valence-electron chi connectivity index (χ0n) is 13.8. The summed E-state index contributed by atoms with van der Waals surface area (Å²) in [6.07, 6.45) is 8.62. The summed E-state index contributed by atoms with van der Waals surface area (Å²) in [5.74, 6) is -0.148. The third-order valence-electron chi connectivity index (χ3n) is 4.17. The molecule has 1 aliphatic heterocycles. The Labute approximate surface area is 144 Å². The van der Waals surface area contributed by atoms with Crippen molar-refractivity contribution in [2.75, 3.05) is 10.6 Å². The quantitative estimate of drug-likeness (QED) is 0.641. The number of aryl methyl sites for hydroxylation is 1. The number of fused-ring (bicyclic) bond motifs is 1. The van der Waals surface area contributed by atoms with Crippen molar-refractivity contribution in [3.63, 3.8) is 0 Å². The van der Waals surface area contributed by atoms with Crippen LogP contribution in [0.5, 0.6) is 0 Å². The highest BCUT2D eigenvalue weighted by Crippen LogP contribution is 2.36. The van der Waals surface area contributed by atoms with Gasteiger partial charge in [0.2, 0.25) is 0 Å². The average molecular weight is 332 g/mol. The van der Waals surface area contributed by atoms with Crippen molar-refractivity contribution in [1.29, 1.82) is 0 Å². The largest absolute Gasteiger partial charge is 0.356 e. The number of H-pyrrole nitrogens is 1. The third kappa shape index (κ3) is 2.65. The minimum atomic E-state index is -0.148. The Hall–Kier alpha value is -3.48. The molecule has 3 N–H and O–H groups in total. The Morgan fingerprint density at radius 2 is 2.08 bits per heavy atom. The molecule has 4 heterocycles. The summed E-state index contributed by atoms with van der Waals surface area (Å²) in [6.45, 7) is 3.88. The van der Waals surface area contributed by atoms with E-state index in [-0.39, 0.29) is 5.91 Å². The summed E-state index contributed by atoms with van der Waals surface area (Å²) in [5.41, 5.74) is 6.49. The zero-order valence-corrected chi connectivity index (χ0v) is 13.8. The molecule has 0 aliphatic carbocycles. The molecule has 4 rings (SSSR count). The monoisotopic (exact) mass is 332 g/mol. The molecule has 25 heavy (non-hydrogen) atoms. The van der Waals surface area contributed by atoms with Crippen LogP contribution in [-0.2, 0) is 4.79 Å². The number of aromatic nitrogens is 4. The molecule has 3 aromatic rings. The van der Waals surface area contributed by atoms with E-state index in [1.165, 1.54) is 0 Å². The molecular formula is C18H16N6O. The second-order valence-corrected chi connectivity index (χ2v) is 5.87. The Kier molecular flexibility index (Phi) is 3.53. The summed E-state index contributed by atoms with van der Waals surface area (Å²) in [7, 11) is 0. The molecule has 0 unspecified atom stereocenters. The number of hydrogen-bond donors (Lipinski definition) is 3. The fourth-order valence-electron chi connectivity index (χ4n) is 2.92. The Bertz CT molecular complexity index is 991. The van der Waals surface area contributed by atoms with E-state index in [2.05, 4.69) is 30.8 Å². The molecule has 0 radical (unpaired) electrons. The van der Waals surface area contributed by atoms with Crippen LogP contribution < -0.4 is 10.6 Å². The van der Waals surface area contributed by atoms with Crippen LogP contribution in [0.15, 0.2) is 48.8 Å². The Morgan fingerprint density at radius 1 is 1.20 bits per heavy atom. The number of amides is 1. The Morgan fingerprint density at radius 3 is 2.84 bits per heavy atom. The number of aromatic amines is 1. The third-order valence-corrected chi connectivity index (χ3v) is 4.17. The van der Waals surface area contributed by atoms with Gasteiger partial charge >= 0.3 is 0 Å². The first kappa shape index (κ1) is 15.1. The van der Waals surface area contributed by atoms with Crippen molar-refractivity contribution in [3.05, 3.63) is 59.9 Å². The maximum Gasteiger partial charge on any atom is 0.258 e. The van der Waals surface area contributed by atoms with Gasteiger partial charge < -0.3 is 10.6 Å². The maximum atomic E-state index is 12.4. The number of nitrogens with one attached hydrogen (secondary N) is 3. The lowest BCUT2D eigenvalue weighted by molar-refractivity contribution is -0.110. The predicted octanol–water partition coefficient (Wildman–Crippen LogP) is 2.97. The van der Waals surface area contributed by atoms with Gasteiger partial charge in [-0.15, -0.1) is 0 Å². The number of rotatable bonds is 3. The van der Waals surface area contributed by atoms with Crippen LogP contribution in [0.3, 0.4) is 0 Å². The molecule has 7 heteroatoms. The number of carbonyl (C=O) groups is 1. The molecule has 124 valence electrons. The van der Waals surface area contributed by atoms with Crippen LogP contribution in [0.2, 0.25) is 0 Å². The van der Waals surface area contributed by atoms with E-state index in [0.717, 1.165) is 33.8 Å². The van der Waals surface area contributed by atoms with Crippen molar-refractivity contribution < 1.29 is 4.79 Å². The van der Waals surface area contributed by atoms with Crippen LogP contribution in [0.4, 0.5) is 11.4 Å². The molecule has 0 aromatic carbocycles. The van der Waals surface area contributed by atoms with Gasteiger partial charge in [-0.05, 0) is 31.5 Å². The minimum absolute atomic E-state index is 0.148. The standard InChI is InChI=1S/C18H16N6O/c1-10-3-4-19-8-14(10)15-5-13-16(9-20-15)24-18(25)17(13)11(2)23-12-6-21-22-7-12/h3-9,23H,1-2H3,(H,21,22)(H,24,25)/b17-11-. The van der Waals surface area contributed by atoms with Gasteiger partial charge in [0.05, 0.1) is 35.0 Å². The summed E-state index contributed by atoms with van der Waals surface area (Å²) >= 11 is 0. The molecule has 0 saturated heterocycles. The number of allylic oxidation sites excluding steroid dienone is 1. The van der Waals surface area contributed by atoms with Crippen molar-refractivity contribution in [2.24, 2.45) is 0 Å². The van der Waals surface area contributed by atoms with Gasteiger partial charge in [0.15, 0.2) is 0 Å². The molecule has 0 fully saturated rings. The number of pyridine rings is 2. The van der Waals surface area contributed by atoms with Crippen molar-refractivity contribution in [2.45, 2.75) is 13.8 Å². The average Bonchev–Trinajstić information content (AvgIpc) is 3.21. The lowest BCUT2D eigenvalue weighted by Crippen LogP contribution is -2.08. The maximum absolute atomic E-state index is 12.4. The number of carbonyl (C=O) groups excluding carboxylic acids is 1. The van der Waals surface area contributed by atoms with Gasteiger partial charge in [-0.25, -0.2) is 0 Å². The highest BCUT2D eigenvalue weighted by Gasteiger charge is 2.27. The fraction of sp³-hybridized carbons (Fsp3) is 0.111. The van der Waals surface area contributed by atoms with Gasteiger partial charge in [0, 0.05) is 35.4 Å². The number of nitrogens with zero attached hydrogens (tertiary/aromatic N) is 3. The minimum Gasteiger partial charge on any atom is -0.356 e. The van der Waals surface area contributed by atoms with Gasteiger partial charge in [0.1, 0.15) is 0 Å². The normalized spacial score (nSPS) is 14.9. The van der Waals surface area contributed by atoms with Crippen molar-refractivity contribution >= 4 is 22.9 Å². The Balaban J connectivity index is 1.80. The van der Waals surface area contributed by atoms with Crippen molar-refractivity contribution in [1.82, 2.24) is 20.2 Å². The van der Waals surface area contributed by atoms with Gasteiger partial charge in [-0.1, -0.05) is 0 Å². The SMILES string of the molecule is C/C(Nc1cn[nH]c1)=C1/C(=O)Nc2cnc(-c3cnccc3C)cc21. The van der Waals surface area contributed by atoms with E-state index in [9.17, 15) is 4.79 Å². The molecule has 1 aliphatic rings. The highest BCUT2D eigenvalue weighted by atomic mass is 16.2. The summed E-state index contributed by atoms with van der Waals surface area (Å²) < 4.78 is 0. The molecule has 3 aromatic heterocycles. The predicted molar refractivity (Wildman–Crippen MR) is 95.6 cm³/mol. The fourth-order valence-corrected chi connectivity index (χ4v) is 2.92. The van der Waals surface area contributed by atoms with E-state index in [1.807, 2.05) is 26.0 Å². The van der Waals surface area contributed by atoms with Crippen LogP contribution in [-0.4, -0.2) is 26.1 Å². The molecule has 0 saturated carbocycles. The first-order chi connectivity index (χ1) is 12.1. The van der Waals surface area contributed by atoms with Crippen LogP contribution in [0.1, 0.15) is 18.1 Å². The molecule has 0 atom stereocenters. The van der Waals surface area contributed by atoms with E-state index >= 15 is 0 Å². The lowest BCUT2D eigenvalue weighted by atomic mass is 10.0. The second-order valence-electron chi connectivity index (χ2n) is 5.87. The highest BCUT2D eigenvalue weighted by molar-refractivity contribution is 6.32. The van der Waals surface area contributed by atoms with E-state index in [0.29, 0.717) is 11.3 Å². The van der Waals surface area contributed by atoms with Gasteiger partial charge in [0.25, 0.3) is 5.91 Å². The van der Waals surface area contributed by atoms with E-state index in [4.69, 9.17) is 0 Å². The summed E-state index contributed by atoms with van der Waals surface area (Å²) in [5, 5.41) is 12.7. The van der Waals surface area contributed by atoms with Crippen LogP contribution >= 0.6 is 0 Å². The molecule has 1 amide bonds. The lowest BCUT2D eigenvalue weighted by Gasteiger charge is -2.09. The van der Waals surface area contributed by atoms with Crippen LogP contribution in [0.25, 0.3) is 16.8 Å². The first-order valence-electron chi connectivity index (χ1n) is 7.83. The molecule has 0 spiro atoms. The first-order valence-corrected chi connectivity index (χ1v) is 7.83. The van der Waals surface area contributed by atoms with Gasteiger partial charge in [-0.2, -0.15) is 5.10 Å². The summed E-state index contributed by atoms with van der Waals surface area (Å²) in [4.78, 5) is 21.1. The van der Waals surface area contributed by atoms with Crippen molar-refractivity contribution in [3.8, 4) is 11.3 Å². The van der Waals surface area contributed by atoms with E-state index < -0.39 is 0 Å². The number of anilines is 2. The second kappa shape index (κ2) is 5.86. The molecule has 0 bridgehead atoms. The smallest absolute Gasteiger partial charge is 0.258 e. The van der Waals surface area contributed by atoms with Gasteiger partial charge in [-0.3, -0.25) is 19.9 Å². The van der Waals surface area contributed by atoms with E-state index in [1.54, 1.807) is 31.0 Å². The topological polar surface area (TPSA) is 95.6 Å².